The lowest BCUT2D eigenvalue weighted by Crippen LogP contribution is -2.62. The second-order valence-electron chi connectivity index (χ2n) is 3.98. The third-order valence-corrected chi connectivity index (χ3v) is 2.82. The first-order valence-electron chi connectivity index (χ1n) is 5.53. The smallest absolute Gasteiger partial charge is 0.186 e. The lowest BCUT2D eigenvalue weighted by molar-refractivity contribution is -0.355. The number of aliphatic hydroxyl groups is 2. The van der Waals surface area contributed by atoms with Gasteiger partial charge in [-0.15, -0.1) is 0 Å². The van der Waals surface area contributed by atoms with Crippen LogP contribution in [0.4, 0.5) is 0 Å². The first-order chi connectivity index (χ1) is 7.63. The molecule has 2 rings (SSSR count). The number of hydrogen-bond donors (Lipinski definition) is 2. The van der Waals surface area contributed by atoms with Gasteiger partial charge >= 0.3 is 0 Å². The van der Waals surface area contributed by atoms with Crippen LogP contribution in [-0.2, 0) is 18.9 Å². The Hall–Kier alpha value is -0.240. The molecule has 6 heteroatoms. The van der Waals surface area contributed by atoms with Gasteiger partial charge in [-0.05, 0) is 13.8 Å². The molecule has 6 atom stereocenters. The van der Waals surface area contributed by atoms with Crippen molar-refractivity contribution in [1.29, 1.82) is 0 Å². The minimum atomic E-state index is -1.09. The van der Waals surface area contributed by atoms with Crippen LogP contribution >= 0.6 is 0 Å². The minimum Gasteiger partial charge on any atom is -0.387 e. The zero-order chi connectivity index (χ0) is 11.7. The third-order valence-electron chi connectivity index (χ3n) is 2.82. The molecule has 0 radical (unpaired) electrons. The summed E-state index contributed by atoms with van der Waals surface area (Å²) in [7, 11) is 0. The Morgan fingerprint density at radius 3 is 2.69 bits per heavy atom. The van der Waals surface area contributed by atoms with Gasteiger partial charge in [-0.25, -0.2) is 0 Å². The molecule has 2 saturated heterocycles. The molecule has 2 fully saturated rings. The Balaban J connectivity index is 2.04. The van der Waals surface area contributed by atoms with Crippen LogP contribution in [0.3, 0.4) is 0 Å². The van der Waals surface area contributed by atoms with Crippen molar-refractivity contribution in [2.75, 3.05) is 13.2 Å². The Labute approximate surface area is 94.1 Å². The van der Waals surface area contributed by atoms with Gasteiger partial charge in [0.25, 0.3) is 0 Å². The SMILES string of the molecule is CCO[C@@H]1OC2COC(C)O[C@H]2C(O)[C@@H]1O. The highest BCUT2D eigenvalue weighted by molar-refractivity contribution is 4.91. The van der Waals surface area contributed by atoms with E-state index < -0.39 is 37.0 Å². The first kappa shape index (κ1) is 12.2. The summed E-state index contributed by atoms with van der Waals surface area (Å²) in [5, 5.41) is 19.7. The van der Waals surface area contributed by atoms with Crippen LogP contribution in [0.1, 0.15) is 13.8 Å². The molecule has 0 bridgehead atoms. The minimum absolute atomic E-state index is 0.333. The largest absolute Gasteiger partial charge is 0.387 e. The van der Waals surface area contributed by atoms with Crippen molar-refractivity contribution in [2.45, 2.75) is 50.8 Å². The molecular weight excluding hydrogens is 216 g/mol. The zero-order valence-electron chi connectivity index (χ0n) is 9.41. The van der Waals surface area contributed by atoms with Crippen molar-refractivity contribution >= 4 is 0 Å². The standard InChI is InChI=1S/C10H18O6/c1-3-13-10-8(12)7(11)9-6(16-10)4-14-5(2)15-9/h5-12H,3-4H2,1-2H3/t5?,6?,7?,8-,9+,10+/m0/s1. The molecule has 0 saturated carbocycles. The molecule has 0 amide bonds. The average molecular weight is 234 g/mol. The molecule has 0 aromatic rings. The van der Waals surface area contributed by atoms with Crippen LogP contribution in [0, 0.1) is 0 Å². The monoisotopic (exact) mass is 234 g/mol. The number of fused-ring (bicyclic) bond motifs is 1. The van der Waals surface area contributed by atoms with Gasteiger partial charge in [0.1, 0.15) is 24.4 Å². The predicted molar refractivity (Wildman–Crippen MR) is 52.6 cm³/mol. The second kappa shape index (κ2) is 4.95. The van der Waals surface area contributed by atoms with Gasteiger partial charge in [-0.1, -0.05) is 0 Å². The van der Waals surface area contributed by atoms with Crippen LogP contribution in [0.2, 0.25) is 0 Å². The summed E-state index contributed by atoms with van der Waals surface area (Å²) in [6.45, 7) is 4.28. The normalized spacial score (nSPS) is 48.8. The summed E-state index contributed by atoms with van der Waals surface area (Å²) in [5.74, 6) is 0. The van der Waals surface area contributed by atoms with Gasteiger partial charge in [0, 0.05) is 6.61 Å². The van der Waals surface area contributed by atoms with E-state index in [1.807, 2.05) is 0 Å². The van der Waals surface area contributed by atoms with E-state index in [4.69, 9.17) is 18.9 Å². The molecule has 2 N–H and O–H groups in total. The highest BCUT2D eigenvalue weighted by Gasteiger charge is 2.48. The van der Waals surface area contributed by atoms with E-state index in [0.29, 0.717) is 13.2 Å². The molecule has 0 aliphatic carbocycles. The van der Waals surface area contributed by atoms with E-state index in [-0.39, 0.29) is 0 Å². The van der Waals surface area contributed by atoms with Gasteiger partial charge in [-0.2, -0.15) is 0 Å². The van der Waals surface area contributed by atoms with Gasteiger partial charge < -0.3 is 29.2 Å². The van der Waals surface area contributed by atoms with E-state index in [1.165, 1.54) is 0 Å². The summed E-state index contributed by atoms with van der Waals surface area (Å²) in [4.78, 5) is 0. The number of ether oxygens (including phenoxy) is 4. The fourth-order valence-corrected chi connectivity index (χ4v) is 2.00. The van der Waals surface area contributed by atoms with Crippen LogP contribution in [0.15, 0.2) is 0 Å². The Morgan fingerprint density at radius 1 is 1.25 bits per heavy atom. The van der Waals surface area contributed by atoms with Crippen molar-refractivity contribution < 1.29 is 29.2 Å². The quantitative estimate of drug-likeness (QED) is 0.653. The van der Waals surface area contributed by atoms with E-state index >= 15 is 0 Å². The van der Waals surface area contributed by atoms with Crippen molar-refractivity contribution in [2.24, 2.45) is 0 Å². The summed E-state index contributed by atoms with van der Waals surface area (Å²) in [6, 6.07) is 0. The summed E-state index contributed by atoms with van der Waals surface area (Å²) in [5.41, 5.74) is 0. The van der Waals surface area contributed by atoms with E-state index in [2.05, 4.69) is 0 Å². The van der Waals surface area contributed by atoms with Crippen molar-refractivity contribution in [3.05, 3.63) is 0 Å². The highest BCUT2D eigenvalue weighted by atomic mass is 16.8. The molecule has 6 nitrogen and oxygen atoms in total. The number of aliphatic hydroxyl groups excluding tert-OH is 2. The van der Waals surface area contributed by atoms with E-state index in [1.54, 1.807) is 13.8 Å². The molecule has 0 aromatic heterocycles. The summed E-state index contributed by atoms with van der Waals surface area (Å²) >= 11 is 0. The van der Waals surface area contributed by atoms with Crippen LogP contribution in [-0.4, -0.2) is 60.4 Å². The van der Waals surface area contributed by atoms with Crippen LogP contribution < -0.4 is 0 Å². The van der Waals surface area contributed by atoms with Crippen molar-refractivity contribution in [3.8, 4) is 0 Å². The maximum absolute atomic E-state index is 9.90. The molecule has 2 heterocycles. The van der Waals surface area contributed by atoms with Gasteiger partial charge in [0.05, 0.1) is 6.61 Å². The van der Waals surface area contributed by atoms with Crippen molar-refractivity contribution in [1.82, 2.24) is 0 Å². The molecule has 3 unspecified atom stereocenters. The Bertz CT molecular complexity index is 233. The van der Waals surface area contributed by atoms with E-state index in [0.717, 1.165) is 0 Å². The maximum Gasteiger partial charge on any atom is 0.186 e. The number of rotatable bonds is 2. The fraction of sp³-hybridized carbons (Fsp3) is 1.00. The maximum atomic E-state index is 9.90. The Kier molecular flexibility index (Phi) is 3.78. The highest BCUT2D eigenvalue weighted by Crippen LogP contribution is 2.28. The van der Waals surface area contributed by atoms with Gasteiger partial charge in [-0.3, -0.25) is 0 Å². The Morgan fingerprint density at radius 2 is 2.00 bits per heavy atom. The van der Waals surface area contributed by atoms with E-state index in [9.17, 15) is 10.2 Å². The summed E-state index contributed by atoms with van der Waals surface area (Å²) in [6.07, 6.45) is -4.27. The molecule has 0 aromatic carbocycles. The average Bonchev–Trinajstić information content (AvgIpc) is 2.27. The third kappa shape index (κ3) is 2.22. The first-order valence-corrected chi connectivity index (χ1v) is 5.53. The molecule has 94 valence electrons. The molecule has 2 aliphatic heterocycles. The zero-order valence-corrected chi connectivity index (χ0v) is 9.41. The topological polar surface area (TPSA) is 77.4 Å². The lowest BCUT2D eigenvalue weighted by Gasteiger charge is -2.45. The molecule has 0 spiro atoms. The van der Waals surface area contributed by atoms with Crippen LogP contribution in [0.25, 0.3) is 0 Å². The summed E-state index contributed by atoms with van der Waals surface area (Å²) < 4.78 is 21.3. The lowest BCUT2D eigenvalue weighted by atomic mass is 9.98. The second-order valence-corrected chi connectivity index (χ2v) is 3.98. The van der Waals surface area contributed by atoms with Crippen molar-refractivity contribution in [3.63, 3.8) is 0 Å². The van der Waals surface area contributed by atoms with Crippen LogP contribution in [0.5, 0.6) is 0 Å². The molecule has 2 aliphatic rings. The molecular formula is C10H18O6. The van der Waals surface area contributed by atoms with Gasteiger partial charge in [0.15, 0.2) is 12.6 Å². The molecule has 16 heavy (non-hydrogen) atoms. The predicted octanol–water partition coefficient (Wildman–Crippen LogP) is -0.769. The fourth-order valence-electron chi connectivity index (χ4n) is 2.00. The van der Waals surface area contributed by atoms with Gasteiger partial charge in [0.2, 0.25) is 0 Å². The number of hydrogen-bond acceptors (Lipinski definition) is 6.